The molecule has 6 nitrogen and oxygen atoms in total. The van der Waals surface area contributed by atoms with Gasteiger partial charge in [-0.05, 0) is 62.1 Å². The lowest BCUT2D eigenvalue weighted by molar-refractivity contribution is -0.123. The number of nitrogens with one attached hydrogen (secondary N) is 1. The quantitative estimate of drug-likeness (QED) is 0.802. The van der Waals surface area contributed by atoms with Gasteiger partial charge in [-0.25, -0.2) is 4.79 Å². The maximum Gasteiger partial charge on any atom is 0.349 e. The van der Waals surface area contributed by atoms with Crippen molar-refractivity contribution in [3.63, 3.8) is 0 Å². The predicted molar refractivity (Wildman–Crippen MR) is 94.8 cm³/mol. The van der Waals surface area contributed by atoms with Crippen LogP contribution >= 0.6 is 11.3 Å². The lowest BCUT2D eigenvalue weighted by Crippen LogP contribution is -2.29. The van der Waals surface area contributed by atoms with Gasteiger partial charge in [0.15, 0.2) is 6.10 Å². The molecule has 2 amide bonds. The van der Waals surface area contributed by atoms with Crippen molar-refractivity contribution in [1.82, 2.24) is 0 Å². The second kappa shape index (κ2) is 7.06. The molecule has 1 aliphatic rings. The van der Waals surface area contributed by atoms with Crippen LogP contribution in [0.2, 0.25) is 0 Å². The van der Waals surface area contributed by atoms with Crippen LogP contribution in [-0.2, 0) is 22.4 Å². The first kappa shape index (κ1) is 17.2. The number of nitrogens with two attached hydrogens (primary N) is 1. The number of hydrogen-bond donors (Lipinski definition) is 2. The summed E-state index contributed by atoms with van der Waals surface area (Å²) < 4.78 is 5.25. The van der Waals surface area contributed by atoms with Gasteiger partial charge >= 0.3 is 5.97 Å². The van der Waals surface area contributed by atoms with E-state index in [2.05, 4.69) is 5.32 Å². The first-order valence-corrected chi connectivity index (χ1v) is 8.79. The molecule has 1 aromatic carbocycles. The van der Waals surface area contributed by atoms with E-state index < -0.39 is 23.9 Å². The predicted octanol–water partition coefficient (Wildman–Crippen LogP) is 2.52. The third-order valence-corrected chi connectivity index (χ3v) is 5.25. The number of hydrogen-bond acceptors (Lipinski definition) is 5. The molecule has 0 aliphatic heterocycles. The van der Waals surface area contributed by atoms with Crippen molar-refractivity contribution in [2.24, 2.45) is 5.73 Å². The van der Waals surface area contributed by atoms with E-state index in [1.54, 1.807) is 12.1 Å². The standard InChI is InChI=1S/C18H18N2O4S/c1-10(17(22)20-13-7-5-11(6-8-13)16(19)21)24-18(23)15-9-12-3-2-4-14(12)25-15/h5-10H,2-4H2,1H3,(H2,19,21)(H,20,22). The van der Waals surface area contributed by atoms with Crippen LogP contribution in [0.3, 0.4) is 0 Å². The van der Waals surface area contributed by atoms with Gasteiger partial charge in [-0.15, -0.1) is 11.3 Å². The van der Waals surface area contributed by atoms with Crippen molar-refractivity contribution in [1.29, 1.82) is 0 Å². The molecule has 3 rings (SSSR count). The fraction of sp³-hybridized carbons (Fsp3) is 0.278. The Labute approximate surface area is 149 Å². The van der Waals surface area contributed by atoms with Crippen LogP contribution in [0.5, 0.6) is 0 Å². The number of thiophene rings is 1. The summed E-state index contributed by atoms with van der Waals surface area (Å²) in [4.78, 5) is 37.2. The lowest BCUT2D eigenvalue weighted by Gasteiger charge is -2.13. The van der Waals surface area contributed by atoms with Crippen molar-refractivity contribution in [3.8, 4) is 0 Å². The Balaban J connectivity index is 1.58. The zero-order valence-electron chi connectivity index (χ0n) is 13.7. The lowest BCUT2D eigenvalue weighted by atomic mass is 10.2. The number of ether oxygens (including phenoxy) is 1. The van der Waals surface area contributed by atoms with E-state index in [0.717, 1.165) is 19.3 Å². The van der Waals surface area contributed by atoms with Crippen molar-refractivity contribution in [2.75, 3.05) is 5.32 Å². The maximum atomic E-state index is 12.2. The second-order valence-electron chi connectivity index (χ2n) is 5.89. The van der Waals surface area contributed by atoms with Crippen molar-refractivity contribution >= 4 is 34.8 Å². The molecule has 1 atom stereocenters. The van der Waals surface area contributed by atoms with Gasteiger partial charge in [0.25, 0.3) is 5.91 Å². The number of esters is 1. The Kier molecular flexibility index (Phi) is 4.85. The van der Waals surface area contributed by atoms with Gasteiger partial charge in [0.1, 0.15) is 4.88 Å². The van der Waals surface area contributed by atoms with Crippen molar-refractivity contribution in [2.45, 2.75) is 32.3 Å². The molecule has 7 heteroatoms. The normalized spacial score (nSPS) is 13.8. The molecule has 0 spiro atoms. The van der Waals surface area contributed by atoms with Crippen LogP contribution in [0.15, 0.2) is 30.3 Å². The van der Waals surface area contributed by atoms with Gasteiger partial charge in [-0.3, -0.25) is 9.59 Å². The molecule has 0 radical (unpaired) electrons. The minimum atomic E-state index is -0.930. The van der Waals surface area contributed by atoms with Crippen LogP contribution in [0.4, 0.5) is 5.69 Å². The zero-order chi connectivity index (χ0) is 18.0. The van der Waals surface area contributed by atoms with Crippen LogP contribution in [-0.4, -0.2) is 23.9 Å². The molecule has 1 aromatic heterocycles. The van der Waals surface area contributed by atoms with E-state index in [1.807, 2.05) is 6.07 Å². The first-order chi connectivity index (χ1) is 11.9. The van der Waals surface area contributed by atoms with Crippen LogP contribution in [0, 0.1) is 0 Å². The summed E-state index contributed by atoms with van der Waals surface area (Å²) in [5, 5.41) is 2.64. The van der Waals surface area contributed by atoms with E-state index >= 15 is 0 Å². The highest BCUT2D eigenvalue weighted by Crippen LogP contribution is 2.31. The average Bonchev–Trinajstić information content (AvgIpc) is 3.16. The summed E-state index contributed by atoms with van der Waals surface area (Å²) in [5.74, 6) is -1.46. The summed E-state index contributed by atoms with van der Waals surface area (Å²) >= 11 is 1.44. The first-order valence-electron chi connectivity index (χ1n) is 7.97. The molecule has 1 aliphatic carbocycles. The maximum absolute atomic E-state index is 12.2. The molecule has 2 aromatic rings. The van der Waals surface area contributed by atoms with Crippen LogP contribution < -0.4 is 11.1 Å². The monoisotopic (exact) mass is 358 g/mol. The summed E-state index contributed by atoms with van der Waals surface area (Å²) in [7, 11) is 0. The molecular weight excluding hydrogens is 340 g/mol. The Hall–Kier alpha value is -2.67. The summed E-state index contributed by atoms with van der Waals surface area (Å²) in [6.07, 6.45) is 2.20. The fourth-order valence-electron chi connectivity index (χ4n) is 2.66. The smallest absolute Gasteiger partial charge is 0.349 e. The fourth-order valence-corrected chi connectivity index (χ4v) is 3.80. The third kappa shape index (κ3) is 3.88. The molecule has 1 unspecified atom stereocenters. The molecule has 25 heavy (non-hydrogen) atoms. The number of aryl methyl sites for hydroxylation is 2. The molecule has 0 saturated carbocycles. The minimum Gasteiger partial charge on any atom is -0.448 e. The molecule has 3 N–H and O–H groups in total. The van der Waals surface area contributed by atoms with Gasteiger partial charge in [-0.1, -0.05) is 0 Å². The Morgan fingerprint density at radius 2 is 1.92 bits per heavy atom. The molecule has 0 bridgehead atoms. The zero-order valence-corrected chi connectivity index (χ0v) is 14.5. The van der Waals surface area contributed by atoms with Gasteiger partial charge in [0, 0.05) is 16.1 Å². The van der Waals surface area contributed by atoms with Gasteiger partial charge in [-0.2, -0.15) is 0 Å². The van der Waals surface area contributed by atoms with Gasteiger partial charge in [0.2, 0.25) is 5.91 Å². The summed E-state index contributed by atoms with van der Waals surface area (Å²) in [5.41, 5.74) is 7.22. The van der Waals surface area contributed by atoms with Crippen molar-refractivity contribution in [3.05, 3.63) is 51.2 Å². The van der Waals surface area contributed by atoms with Crippen molar-refractivity contribution < 1.29 is 19.1 Å². The number of benzene rings is 1. The van der Waals surface area contributed by atoms with Crippen LogP contribution in [0.25, 0.3) is 0 Å². The van der Waals surface area contributed by atoms with Gasteiger partial charge < -0.3 is 15.8 Å². The second-order valence-corrected chi connectivity index (χ2v) is 7.03. The average molecular weight is 358 g/mol. The Bertz CT molecular complexity index is 805. The van der Waals surface area contributed by atoms with E-state index in [-0.39, 0.29) is 0 Å². The highest BCUT2D eigenvalue weighted by molar-refractivity contribution is 7.14. The minimum absolute atomic E-state index is 0.350. The topological polar surface area (TPSA) is 98.5 Å². The third-order valence-electron chi connectivity index (χ3n) is 4.04. The molecule has 1 heterocycles. The molecule has 0 fully saturated rings. The highest BCUT2D eigenvalue weighted by atomic mass is 32.1. The number of rotatable bonds is 5. The van der Waals surface area contributed by atoms with E-state index in [4.69, 9.17) is 10.5 Å². The summed E-state index contributed by atoms with van der Waals surface area (Å²) in [6.45, 7) is 1.52. The number of anilines is 1. The Morgan fingerprint density at radius 3 is 2.56 bits per heavy atom. The number of carbonyl (C=O) groups is 3. The van der Waals surface area contributed by atoms with E-state index in [0.29, 0.717) is 16.1 Å². The molecular formula is C18H18N2O4S. The van der Waals surface area contributed by atoms with E-state index in [9.17, 15) is 14.4 Å². The number of carbonyl (C=O) groups excluding carboxylic acids is 3. The van der Waals surface area contributed by atoms with Gasteiger partial charge in [0.05, 0.1) is 0 Å². The number of primary amides is 1. The SMILES string of the molecule is CC(OC(=O)c1cc2c(s1)CCC2)C(=O)Nc1ccc(C(N)=O)cc1. The Morgan fingerprint density at radius 1 is 1.20 bits per heavy atom. The van der Waals surface area contributed by atoms with E-state index in [1.165, 1.54) is 40.8 Å². The number of amides is 2. The molecule has 130 valence electrons. The highest BCUT2D eigenvalue weighted by Gasteiger charge is 2.23. The molecule has 0 saturated heterocycles. The van der Waals surface area contributed by atoms with Crippen LogP contribution in [0.1, 0.15) is 43.8 Å². The number of fused-ring (bicyclic) bond motifs is 1. The summed E-state index contributed by atoms with van der Waals surface area (Å²) in [6, 6.07) is 8.03. The largest absolute Gasteiger partial charge is 0.448 e.